The van der Waals surface area contributed by atoms with Crippen molar-refractivity contribution in [1.29, 1.82) is 0 Å². The number of nitrogens with one attached hydrogen (secondary N) is 2. The van der Waals surface area contributed by atoms with Gasteiger partial charge in [0.2, 0.25) is 0 Å². The molecule has 2 amide bonds. The number of carbonyl (C=O) groups excluding carboxylic acids is 1. The zero-order valence-electron chi connectivity index (χ0n) is 11.0. The van der Waals surface area contributed by atoms with Crippen LogP contribution in [0.25, 0.3) is 0 Å². The van der Waals surface area contributed by atoms with E-state index >= 15 is 0 Å². The van der Waals surface area contributed by atoms with E-state index in [1.54, 1.807) is 0 Å². The van der Waals surface area contributed by atoms with Crippen LogP contribution in [0.4, 0.5) is 4.79 Å². The lowest BCUT2D eigenvalue weighted by molar-refractivity contribution is 0.0940. The van der Waals surface area contributed by atoms with Gasteiger partial charge in [-0.2, -0.15) is 11.8 Å². The molecule has 0 radical (unpaired) electrons. The maximum atomic E-state index is 11.9. The summed E-state index contributed by atoms with van der Waals surface area (Å²) < 4.78 is 0. The second-order valence-electron chi connectivity index (χ2n) is 5.44. The van der Waals surface area contributed by atoms with Gasteiger partial charge in [0.25, 0.3) is 0 Å². The maximum Gasteiger partial charge on any atom is 0.315 e. The standard InChI is InChI=1S/C13H24N2O2S/c1-18-10-7-6-9(8-10)14-13(17)15-11-4-2-3-5-12(11)16/h9-12,16H,2-8H2,1H3,(H2,14,15,17)/t9-,10+,11+,12+/m0/s1. The van der Waals surface area contributed by atoms with Crippen LogP contribution in [-0.4, -0.2) is 40.8 Å². The van der Waals surface area contributed by atoms with Gasteiger partial charge in [0, 0.05) is 11.3 Å². The van der Waals surface area contributed by atoms with Crippen molar-refractivity contribution >= 4 is 17.8 Å². The van der Waals surface area contributed by atoms with Crippen molar-refractivity contribution in [3.05, 3.63) is 0 Å². The van der Waals surface area contributed by atoms with Crippen molar-refractivity contribution < 1.29 is 9.90 Å². The van der Waals surface area contributed by atoms with Gasteiger partial charge >= 0.3 is 6.03 Å². The van der Waals surface area contributed by atoms with Gasteiger partial charge in [0.05, 0.1) is 12.1 Å². The van der Waals surface area contributed by atoms with E-state index in [1.165, 1.54) is 6.42 Å². The van der Waals surface area contributed by atoms with E-state index in [-0.39, 0.29) is 18.2 Å². The molecule has 0 aromatic carbocycles. The molecule has 0 aromatic rings. The minimum absolute atomic E-state index is 0.0588. The predicted octanol–water partition coefficient (Wildman–Crippen LogP) is 1.87. The number of thioether (sulfide) groups is 1. The third kappa shape index (κ3) is 3.79. The van der Waals surface area contributed by atoms with Crippen molar-refractivity contribution in [2.75, 3.05) is 6.26 Å². The molecule has 4 nitrogen and oxygen atoms in total. The molecule has 0 aromatic heterocycles. The largest absolute Gasteiger partial charge is 0.391 e. The van der Waals surface area contributed by atoms with Crippen LogP contribution >= 0.6 is 11.8 Å². The van der Waals surface area contributed by atoms with Crippen LogP contribution in [0.5, 0.6) is 0 Å². The number of aliphatic hydroxyl groups excluding tert-OH is 1. The van der Waals surface area contributed by atoms with Gasteiger partial charge in [-0.15, -0.1) is 0 Å². The molecule has 0 heterocycles. The van der Waals surface area contributed by atoms with Gasteiger partial charge in [-0.3, -0.25) is 0 Å². The van der Waals surface area contributed by atoms with Crippen LogP contribution in [0.15, 0.2) is 0 Å². The molecule has 2 aliphatic carbocycles. The Labute approximate surface area is 113 Å². The lowest BCUT2D eigenvalue weighted by Gasteiger charge is -2.28. The lowest BCUT2D eigenvalue weighted by atomic mass is 9.93. The normalized spacial score (nSPS) is 36.3. The van der Waals surface area contributed by atoms with Crippen LogP contribution in [0.3, 0.4) is 0 Å². The lowest BCUT2D eigenvalue weighted by Crippen LogP contribution is -2.50. The Bertz CT molecular complexity index is 288. The van der Waals surface area contributed by atoms with Crippen LogP contribution in [0, 0.1) is 0 Å². The van der Waals surface area contributed by atoms with Gasteiger partial charge < -0.3 is 15.7 Å². The van der Waals surface area contributed by atoms with Crippen molar-refractivity contribution in [2.45, 2.75) is 68.4 Å². The Hall–Kier alpha value is -0.420. The first-order valence-corrected chi connectivity index (χ1v) is 8.25. The highest BCUT2D eigenvalue weighted by Gasteiger charge is 2.28. The number of urea groups is 1. The summed E-state index contributed by atoms with van der Waals surface area (Å²) >= 11 is 1.89. The third-order valence-electron chi connectivity index (χ3n) is 4.10. The van der Waals surface area contributed by atoms with E-state index in [2.05, 4.69) is 16.9 Å². The average molecular weight is 272 g/mol. The first kappa shape index (κ1) is 14.0. The van der Waals surface area contributed by atoms with E-state index in [4.69, 9.17) is 0 Å². The van der Waals surface area contributed by atoms with E-state index in [0.29, 0.717) is 11.3 Å². The van der Waals surface area contributed by atoms with Crippen molar-refractivity contribution in [3.63, 3.8) is 0 Å². The topological polar surface area (TPSA) is 61.4 Å². The zero-order valence-corrected chi connectivity index (χ0v) is 11.8. The quantitative estimate of drug-likeness (QED) is 0.735. The molecule has 2 aliphatic rings. The zero-order chi connectivity index (χ0) is 13.0. The Morgan fingerprint density at radius 2 is 1.94 bits per heavy atom. The van der Waals surface area contributed by atoms with Crippen molar-refractivity contribution in [3.8, 4) is 0 Å². The predicted molar refractivity (Wildman–Crippen MR) is 74.9 cm³/mol. The molecular formula is C13H24N2O2S. The summed E-state index contributed by atoms with van der Waals surface area (Å²) in [4.78, 5) is 11.9. The summed E-state index contributed by atoms with van der Waals surface area (Å²) in [6, 6.07) is 0.146. The molecule has 18 heavy (non-hydrogen) atoms. The summed E-state index contributed by atoms with van der Waals surface area (Å²) in [5.41, 5.74) is 0. The van der Waals surface area contributed by atoms with Gasteiger partial charge in [-0.05, 0) is 38.4 Å². The average Bonchev–Trinajstić information content (AvgIpc) is 2.80. The fraction of sp³-hybridized carbons (Fsp3) is 0.923. The van der Waals surface area contributed by atoms with E-state index in [1.807, 2.05) is 11.8 Å². The smallest absolute Gasteiger partial charge is 0.315 e. The number of aliphatic hydroxyl groups is 1. The molecule has 0 aliphatic heterocycles. The first-order chi connectivity index (χ1) is 8.69. The Kier molecular flexibility index (Phi) is 5.18. The molecule has 2 saturated carbocycles. The van der Waals surface area contributed by atoms with Gasteiger partial charge in [-0.1, -0.05) is 12.8 Å². The Morgan fingerprint density at radius 1 is 1.17 bits per heavy atom. The highest BCUT2D eigenvalue weighted by molar-refractivity contribution is 7.99. The second kappa shape index (κ2) is 6.66. The summed E-state index contributed by atoms with van der Waals surface area (Å²) in [5, 5.41) is 16.5. The molecule has 2 rings (SSSR count). The highest BCUT2D eigenvalue weighted by Crippen LogP contribution is 2.28. The number of hydrogen-bond donors (Lipinski definition) is 3. The molecule has 104 valence electrons. The minimum atomic E-state index is -0.368. The molecule has 3 N–H and O–H groups in total. The fourth-order valence-corrected chi connectivity index (χ4v) is 3.76. The molecule has 4 atom stereocenters. The van der Waals surface area contributed by atoms with Crippen LogP contribution in [0.2, 0.25) is 0 Å². The molecule has 0 unspecified atom stereocenters. The Balaban J connectivity index is 1.71. The van der Waals surface area contributed by atoms with Gasteiger partial charge in [-0.25, -0.2) is 4.79 Å². The van der Waals surface area contributed by atoms with E-state index in [9.17, 15) is 9.90 Å². The molecule has 0 saturated heterocycles. The summed E-state index contributed by atoms with van der Waals surface area (Å²) in [5.74, 6) is 0. The highest BCUT2D eigenvalue weighted by atomic mass is 32.2. The molecule has 2 fully saturated rings. The second-order valence-corrected chi connectivity index (χ2v) is 6.58. The number of rotatable bonds is 3. The molecule has 0 bridgehead atoms. The summed E-state index contributed by atoms with van der Waals surface area (Å²) in [6.07, 6.45) is 8.97. The minimum Gasteiger partial charge on any atom is -0.391 e. The molecule has 0 spiro atoms. The Morgan fingerprint density at radius 3 is 2.61 bits per heavy atom. The van der Waals surface area contributed by atoms with Crippen molar-refractivity contribution in [1.82, 2.24) is 10.6 Å². The number of amides is 2. The summed E-state index contributed by atoms with van der Waals surface area (Å²) in [7, 11) is 0. The molecule has 5 heteroatoms. The summed E-state index contributed by atoms with van der Waals surface area (Å²) in [6.45, 7) is 0. The fourth-order valence-electron chi connectivity index (χ4n) is 2.96. The van der Waals surface area contributed by atoms with Gasteiger partial charge in [0.15, 0.2) is 0 Å². The monoisotopic (exact) mass is 272 g/mol. The molecular weight excluding hydrogens is 248 g/mol. The van der Waals surface area contributed by atoms with Gasteiger partial charge in [0.1, 0.15) is 0 Å². The number of hydrogen-bond acceptors (Lipinski definition) is 3. The van der Waals surface area contributed by atoms with E-state index < -0.39 is 0 Å². The maximum absolute atomic E-state index is 11.9. The first-order valence-electron chi connectivity index (χ1n) is 6.97. The SMILES string of the molecule is CS[C@@H]1CC[C@H](NC(=O)N[C@@H]2CCCC[C@H]2O)C1. The van der Waals surface area contributed by atoms with Crippen LogP contribution in [0.1, 0.15) is 44.9 Å². The van der Waals surface area contributed by atoms with Crippen molar-refractivity contribution in [2.24, 2.45) is 0 Å². The van der Waals surface area contributed by atoms with E-state index in [0.717, 1.165) is 38.5 Å². The third-order valence-corrected chi connectivity index (χ3v) is 5.19. The van der Waals surface area contributed by atoms with Crippen LogP contribution < -0.4 is 10.6 Å². The number of carbonyl (C=O) groups is 1. The van der Waals surface area contributed by atoms with Crippen LogP contribution in [-0.2, 0) is 0 Å².